The Morgan fingerprint density at radius 2 is 1.41 bits per heavy atom. The highest BCUT2D eigenvalue weighted by Crippen LogP contribution is 2.32. The van der Waals surface area contributed by atoms with Gasteiger partial charge in [-0.1, -0.05) is 42.2 Å². The van der Waals surface area contributed by atoms with E-state index in [1.807, 2.05) is 36.4 Å². The summed E-state index contributed by atoms with van der Waals surface area (Å²) in [4.78, 5) is 0. The molecule has 4 aromatic rings. The predicted molar refractivity (Wildman–Crippen MR) is 118 cm³/mol. The van der Waals surface area contributed by atoms with E-state index >= 15 is 0 Å². The maximum atomic E-state index is 5.33. The molecule has 4 rings (SSSR count). The molecule has 0 radical (unpaired) electrons. The molecule has 0 amide bonds. The number of fused-ring (bicyclic) bond motifs is 1. The monoisotopic (exact) mass is 381 g/mol. The summed E-state index contributed by atoms with van der Waals surface area (Å²) in [5, 5.41) is 1.22. The minimum Gasteiger partial charge on any atom is -0.497 e. The molecule has 29 heavy (non-hydrogen) atoms. The van der Waals surface area contributed by atoms with Crippen molar-refractivity contribution in [3.05, 3.63) is 95.7 Å². The quantitative estimate of drug-likeness (QED) is 0.443. The van der Waals surface area contributed by atoms with Crippen molar-refractivity contribution in [1.82, 2.24) is 4.57 Å². The Hall–Kier alpha value is -3.64. The van der Waals surface area contributed by atoms with Crippen molar-refractivity contribution in [2.24, 2.45) is 7.05 Å². The molecular formula is C26H23NO2. The second-order valence-corrected chi connectivity index (χ2v) is 6.92. The molecule has 0 bridgehead atoms. The summed E-state index contributed by atoms with van der Waals surface area (Å²) in [7, 11) is 5.43. The molecule has 1 atom stereocenters. The van der Waals surface area contributed by atoms with E-state index in [0.717, 1.165) is 22.6 Å². The Bertz CT molecular complexity index is 1180. The van der Waals surface area contributed by atoms with Crippen molar-refractivity contribution in [1.29, 1.82) is 0 Å². The Kier molecular flexibility index (Phi) is 5.27. The van der Waals surface area contributed by atoms with E-state index in [9.17, 15) is 0 Å². The molecule has 3 heteroatoms. The fourth-order valence-electron chi connectivity index (χ4n) is 3.57. The highest BCUT2D eigenvalue weighted by Gasteiger charge is 2.17. The van der Waals surface area contributed by atoms with Crippen molar-refractivity contribution in [3.63, 3.8) is 0 Å². The minimum atomic E-state index is -0.0471. The summed E-state index contributed by atoms with van der Waals surface area (Å²) < 4.78 is 12.7. The highest BCUT2D eigenvalue weighted by atomic mass is 16.5. The van der Waals surface area contributed by atoms with Crippen LogP contribution in [-0.2, 0) is 7.05 Å². The number of hydrogen-bond acceptors (Lipinski definition) is 2. The minimum absolute atomic E-state index is 0.0471. The van der Waals surface area contributed by atoms with Crippen LogP contribution in [0.15, 0.2) is 79.0 Å². The fraction of sp³-hybridized carbons (Fsp3) is 0.154. The smallest absolute Gasteiger partial charge is 0.118 e. The van der Waals surface area contributed by atoms with Gasteiger partial charge in [0, 0.05) is 29.7 Å². The molecule has 3 aromatic carbocycles. The van der Waals surface area contributed by atoms with Crippen LogP contribution in [0.4, 0.5) is 0 Å². The van der Waals surface area contributed by atoms with E-state index in [0.29, 0.717) is 0 Å². The Labute approximate surface area is 171 Å². The van der Waals surface area contributed by atoms with Gasteiger partial charge in [-0.25, -0.2) is 0 Å². The van der Waals surface area contributed by atoms with Gasteiger partial charge in [0.1, 0.15) is 11.5 Å². The van der Waals surface area contributed by atoms with E-state index in [2.05, 4.69) is 66.1 Å². The van der Waals surface area contributed by atoms with Crippen LogP contribution in [0, 0.1) is 11.8 Å². The molecule has 1 aromatic heterocycles. The summed E-state index contributed by atoms with van der Waals surface area (Å²) in [5.41, 5.74) is 4.51. The molecular weight excluding hydrogens is 358 g/mol. The van der Waals surface area contributed by atoms with E-state index in [1.54, 1.807) is 14.2 Å². The zero-order chi connectivity index (χ0) is 20.2. The standard InChI is InChI=1S/C26H23NO2/c1-27-18-25(24-6-4-5-7-26(24)27)23(20-11-15-22(29-3)16-12-20)17-10-19-8-13-21(28-2)14-9-19/h4-9,11-16,18,23H,1-3H3. The largest absolute Gasteiger partial charge is 0.497 e. The SMILES string of the molecule is COc1ccc(C#CC(c2ccc(OC)cc2)c2cn(C)c3ccccc23)cc1. The van der Waals surface area contributed by atoms with Gasteiger partial charge in [-0.05, 0) is 53.6 Å². The molecule has 3 nitrogen and oxygen atoms in total. The Balaban J connectivity index is 1.81. The Morgan fingerprint density at radius 1 is 0.793 bits per heavy atom. The number of methoxy groups -OCH3 is 2. The van der Waals surface area contributed by atoms with Crippen LogP contribution in [0.2, 0.25) is 0 Å². The van der Waals surface area contributed by atoms with Crippen LogP contribution in [-0.4, -0.2) is 18.8 Å². The van der Waals surface area contributed by atoms with Crippen LogP contribution < -0.4 is 9.47 Å². The van der Waals surface area contributed by atoms with Gasteiger partial charge in [-0.2, -0.15) is 0 Å². The normalized spacial score (nSPS) is 11.6. The molecule has 0 fully saturated rings. The van der Waals surface area contributed by atoms with Crippen LogP contribution in [0.5, 0.6) is 11.5 Å². The number of ether oxygens (including phenoxy) is 2. The van der Waals surface area contributed by atoms with E-state index in [1.165, 1.54) is 16.5 Å². The van der Waals surface area contributed by atoms with Crippen molar-refractivity contribution < 1.29 is 9.47 Å². The molecule has 144 valence electrons. The van der Waals surface area contributed by atoms with Crippen molar-refractivity contribution in [2.45, 2.75) is 5.92 Å². The topological polar surface area (TPSA) is 23.4 Å². The van der Waals surface area contributed by atoms with Crippen LogP contribution in [0.3, 0.4) is 0 Å². The first-order valence-electron chi connectivity index (χ1n) is 9.53. The van der Waals surface area contributed by atoms with Crippen LogP contribution >= 0.6 is 0 Å². The second kappa shape index (κ2) is 8.16. The maximum absolute atomic E-state index is 5.33. The first kappa shape index (κ1) is 18.7. The molecule has 0 saturated carbocycles. The molecule has 0 aliphatic heterocycles. The molecule has 0 N–H and O–H groups in total. The number of benzene rings is 3. The number of aryl methyl sites for hydroxylation is 1. The molecule has 1 unspecified atom stereocenters. The number of aromatic nitrogens is 1. The van der Waals surface area contributed by atoms with Gasteiger partial charge >= 0.3 is 0 Å². The summed E-state index contributed by atoms with van der Waals surface area (Å²) in [6.45, 7) is 0. The van der Waals surface area contributed by atoms with Crippen molar-refractivity contribution in [2.75, 3.05) is 14.2 Å². The summed E-state index contributed by atoms with van der Waals surface area (Å²) in [5.74, 6) is 8.48. The molecule has 0 saturated heterocycles. The maximum Gasteiger partial charge on any atom is 0.118 e. The molecule has 1 heterocycles. The van der Waals surface area contributed by atoms with E-state index in [-0.39, 0.29) is 5.92 Å². The van der Waals surface area contributed by atoms with Gasteiger partial charge in [0.25, 0.3) is 0 Å². The average molecular weight is 381 g/mol. The van der Waals surface area contributed by atoms with Gasteiger partial charge in [-0.15, -0.1) is 0 Å². The third-order valence-corrected chi connectivity index (χ3v) is 5.14. The third-order valence-electron chi connectivity index (χ3n) is 5.14. The van der Waals surface area contributed by atoms with Gasteiger partial charge in [0.2, 0.25) is 0 Å². The van der Waals surface area contributed by atoms with Gasteiger partial charge < -0.3 is 14.0 Å². The van der Waals surface area contributed by atoms with Crippen LogP contribution in [0.25, 0.3) is 10.9 Å². The summed E-state index contributed by atoms with van der Waals surface area (Å²) >= 11 is 0. The van der Waals surface area contributed by atoms with E-state index < -0.39 is 0 Å². The van der Waals surface area contributed by atoms with E-state index in [4.69, 9.17) is 9.47 Å². The lowest BCUT2D eigenvalue weighted by atomic mass is 9.91. The molecule has 0 spiro atoms. The number of nitrogens with zero attached hydrogens (tertiary/aromatic N) is 1. The number of rotatable bonds is 4. The molecule has 0 aliphatic carbocycles. The van der Waals surface area contributed by atoms with Gasteiger partial charge in [-0.3, -0.25) is 0 Å². The average Bonchev–Trinajstić information content (AvgIpc) is 3.11. The fourth-order valence-corrected chi connectivity index (χ4v) is 3.57. The predicted octanol–water partition coefficient (Wildman–Crippen LogP) is 5.38. The lowest BCUT2D eigenvalue weighted by Crippen LogP contribution is -1.98. The van der Waals surface area contributed by atoms with Crippen molar-refractivity contribution in [3.8, 4) is 23.3 Å². The third kappa shape index (κ3) is 3.83. The Morgan fingerprint density at radius 3 is 2.07 bits per heavy atom. The zero-order valence-electron chi connectivity index (χ0n) is 16.8. The summed E-state index contributed by atoms with van der Waals surface area (Å²) in [6, 6.07) is 24.4. The van der Waals surface area contributed by atoms with Gasteiger partial charge in [0.15, 0.2) is 0 Å². The second-order valence-electron chi connectivity index (χ2n) is 6.92. The zero-order valence-corrected chi connectivity index (χ0v) is 16.8. The van der Waals surface area contributed by atoms with Crippen LogP contribution in [0.1, 0.15) is 22.6 Å². The first-order valence-corrected chi connectivity index (χ1v) is 9.53. The highest BCUT2D eigenvalue weighted by molar-refractivity contribution is 5.85. The summed E-state index contributed by atoms with van der Waals surface area (Å²) in [6.07, 6.45) is 2.18. The number of para-hydroxylation sites is 1. The number of hydrogen-bond donors (Lipinski definition) is 0. The van der Waals surface area contributed by atoms with Crippen molar-refractivity contribution >= 4 is 10.9 Å². The molecule has 0 aliphatic rings. The lowest BCUT2D eigenvalue weighted by Gasteiger charge is -2.12. The first-order chi connectivity index (χ1) is 14.2. The van der Waals surface area contributed by atoms with Gasteiger partial charge in [0.05, 0.1) is 20.1 Å². The lowest BCUT2D eigenvalue weighted by molar-refractivity contribution is 0.414.